The molecule has 0 aromatic heterocycles. The molecular formula is C10H10ClNO. The Labute approximate surface area is 82.0 Å². The molecule has 0 amide bonds. The Hall–Kier alpha value is -1.02. The quantitative estimate of drug-likeness (QED) is 0.640. The number of ketones is 1. The van der Waals surface area contributed by atoms with Gasteiger partial charge >= 0.3 is 0 Å². The Morgan fingerprint density at radius 1 is 1.54 bits per heavy atom. The molecule has 1 aliphatic carbocycles. The lowest BCUT2D eigenvalue weighted by molar-refractivity contribution is -0.116. The van der Waals surface area contributed by atoms with Gasteiger partial charge in [-0.2, -0.15) is 0 Å². The Morgan fingerprint density at radius 2 is 2.31 bits per heavy atom. The maximum atomic E-state index is 11.6. The first kappa shape index (κ1) is 8.57. The summed E-state index contributed by atoms with van der Waals surface area (Å²) in [5, 5.41) is 3.47. The molecule has 13 heavy (non-hydrogen) atoms. The predicted octanol–water partition coefficient (Wildman–Crippen LogP) is 1.88. The van der Waals surface area contributed by atoms with E-state index in [1.54, 1.807) is 6.08 Å². The molecule has 2 nitrogen and oxygen atoms in total. The number of carbonyl (C=O) groups excluding carboxylic acids is 1. The van der Waals surface area contributed by atoms with E-state index in [1.807, 2.05) is 19.1 Å². The monoisotopic (exact) mass is 195 g/mol. The average Bonchev–Trinajstić information content (AvgIpc) is 2.12. The summed E-state index contributed by atoms with van der Waals surface area (Å²) in [5.74, 6) is -0.0217. The number of Topliss-reactive ketones (excluding diaryl/α,β-unsaturated/α-hetero) is 1. The Bertz CT molecular complexity index is 352. The second kappa shape index (κ2) is 3.04. The van der Waals surface area contributed by atoms with Crippen molar-refractivity contribution in [1.29, 1.82) is 0 Å². The normalized spacial score (nSPS) is 26.8. The van der Waals surface area contributed by atoms with Gasteiger partial charge in [-0.1, -0.05) is 23.8 Å². The fraction of sp³-hybridized carbons (Fsp3) is 0.300. The number of hydrogen-bond acceptors (Lipinski definition) is 2. The topological polar surface area (TPSA) is 29.1 Å². The van der Waals surface area contributed by atoms with Gasteiger partial charge < -0.3 is 5.32 Å². The van der Waals surface area contributed by atoms with Gasteiger partial charge in [0.1, 0.15) is 6.04 Å². The minimum Gasteiger partial charge on any atom is -0.375 e. The Morgan fingerprint density at radius 3 is 3.08 bits per heavy atom. The van der Waals surface area contributed by atoms with Crippen LogP contribution in [0.1, 0.15) is 13.3 Å². The summed E-state index contributed by atoms with van der Waals surface area (Å²) in [7, 11) is 0. The summed E-state index contributed by atoms with van der Waals surface area (Å²) in [6, 6.07) is -0.220. The minimum atomic E-state index is -0.220. The smallest absolute Gasteiger partial charge is 0.200 e. The van der Waals surface area contributed by atoms with Crippen LogP contribution in [0.5, 0.6) is 0 Å². The highest BCUT2D eigenvalue weighted by atomic mass is 35.5. The third-order valence-electron chi connectivity index (χ3n) is 2.30. The Balaban J connectivity index is 2.35. The van der Waals surface area contributed by atoms with Crippen LogP contribution in [-0.4, -0.2) is 11.8 Å². The fourth-order valence-electron chi connectivity index (χ4n) is 1.56. The molecule has 1 N–H and O–H groups in total. The van der Waals surface area contributed by atoms with E-state index in [9.17, 15) is 4.79 Å². The van der Waals surface area contributed by atoms with Gasteiger partial charge in [-0.15, -0.1) is 0 Å². The van der Waals surface area contributed by atoms with Crippen LogP contribution in [0.25, 0.3) is 0 Å². The summed E-state index contributed by atoms with van der Waals surface area (Å²) in [6.07, 6.45) is 6.51. The van der Waals surface area contributed by atoms with Crippen LogP contribution in [0, 0.1) is 0 Å². The van der Waals surface area contributed by atoms with Crippen molar-refractivity contribution in [2.24, 2.45) is 0 Å². The van der Waals surface area contributed by atoms with E-state index in [-0.39, 0.29) is 11.8 Å². The molecule has 1 heterocycles. The molecule has 0 fully saturated rings. The van der Waals surface area contributed by atoms with E-state index in [2.05, 4.69) is 5.32 Å². The van der Waals surface area contributed by atoms with E-state index in [0.717, 1.165) is 17.7 Å². The zero-order chi connectivity index (χ0) is 9.42. The first-order chi connectivity index (χ1) is 6.18. The molecule has 2 aliphatic rings. The molecule has 0 saturated heterocycles. The van der Waals surface area contributed by atoms with Gasteiger partial charge in [0.05, 0.1) is 5.03 Å². The minimum absolute atomic E-state index is 0.0217. The zero-order valence-electron chi connectivity index (χ0n) is 7.30. The molecular weight excluding hydrogens is 186 g/mol. The number of carbonyl (C=O) groups is 1. The van der Waals surface area contributed by atoms with Crippen molar-refractivity contribution in [3.8, 4) is 0 Å². The van der Waals surface area contributed by atoms with E-state index in [0.29, 0.717) is 5.03 Å². The fourth-order valence-corrected chi connectivity index (χ4v) is 1.75. The van der Waals surface area contributed by atoms with Crippen molar-refractivity contribution in [2.45, 2.75) is 19.4 Å². The van der Waals surface area contributed by atoms with E-state index >= 15 is 0 Å². The van der Waals surface area contributed by atoms with E-state index in [4.69, 9.17) is 11.6 Å². The van der Waals surface area contributed by atoms with Gasteiger partial charge in [-0.05, 0) is 25.0 Å². The third-order valence-corrected chi connectivity index (χ3v) is 2.65. The van der Waals surface area contributed by atoms with Crippen molar-refractivity contribution in [1.82, 2.24) is 5.32 Å². The van der Waals surface area contributed by atoms with E-state index in [1.165, 1.54) is 0 Å². The lowest BCUT2D eigenvalue weighted by atomic mass is 9.91. The largest absolute Gasteiger partial charge is 0.375 e. The molecule has 0 saturated carbocycles. The van der Waals surface area contributed by atoms with Gasteiger partial charge in [0, 0.05) is 5.70 Å². The predicted molar refractivity (Wildman–Crippen MR) is 52.3 cm³/mol. The van der Waals surface area contributed by atoms with E-state index < -0.39 is 0 Å². The van der Waals surface area contributed by atoms with Crippen LogP contribution in [0.2, 0.25) is 0 Å². The SMILES string of the molecule is CC1=CC=C2CC=C(Cl)C(=O)C2N1. The third kappa shape index (κ3) is 1.42. The summed E-state index contributed by atoms with van der Waals surface area (Å²) >= 11 is 5.76. The number of hydrogen-bond donors (Lipinski definition) is 1. The lowest BCUT2D eigenvalue weighted by Crippen LogP contribution is -2.40. The molecule has 1 unspecified atom stereocenters. The number of fused-ring (bicyclic) bond motifs is 1. The molecule has 68 valence electrons. The number of dihydropyridines is 1. The molecule has 0 aromatic carbocycles. The van der Waals surface area contributed by atoms with Crippen LogP contribution < -0.4 is 5.32 Å². The maximum absolute atomic E-state index is 11.6. The van der Waals surface area contributed by atoms with Crippen LogP contribution in [-0.2, 0) is 4.79 Å². The molecule has 1 aliphatic heterocycles. The first-order valence-corrected chi connectivity index (χ1v) is 4.60. The highest BCUT2D eigenvalue weighted by Gasteiger charge is 2.29. The van der Waals surface area contributed by atoms with Crippen molar-refractivity contribution in [3.63, 3.8) is 0 Å². The molecule has 0 radical (unpaired) electrons. The standard InChI is InChI=1S/C10H10ClNO/c1-6-2-3-7-4-5-8(11)10(13)9(7)12-6/h2-3,5,9,12H,4H2,1H3. The molecule has 1 atom stereocenters. The van der Waals surface area contributed by atoms with Gasteiger partial charge in [0.15, 0.2) is 5.78 Å². The number of halogens is 1. The number of nitrogens with one attached hydrogen (secondary N) is 1. The van der Waals surface area contributed by atoms with Gasteiger partial charge in [0.2, 0.25) is 0 Å². The lowest BCUT2D eigenvalue weighted by Gasteiger charge is -2.27. The maximum Gasteiger partial charge on any atom is 0.200 e. The van der Waals surface area contributed by atoms with Crippen molar-refractivity contribution < 1.29 is 4.79 Å². The molecule has 0 spiro atoms. The molecule has 0 bridgehead atoms. The molecule has 2 rings (SSSR count). The highest BCUT2D eigenvalue weighted by Crippen LogP contribution is 2.25. The zero-order valence-corrected chi connectivity index (χ0v) is 8.06. The van der Waals surface area contributed by atoms with Gasteiger partial charge in [-0.3, -0.25) is 4.79 Å². The van der Waals surface area contributed by atoms with Gasteiger partial charge in [0.25, 0.3) is 0 Å². The summed E-state index contributed by atoms with van der Waals surface area (Å²) in [6.45, 7) is 1.94. The summed E-state index contributed by atoms with van der Waals surface area (Å²) in [4.78, 5) is 11.6. The molecule has 0 aromatic rings. The van der Waals surface area contributed by atoms with Crippen LogP contribution >= 0.6 is 11.6 Å². The van der Waals surface area contributed by atoms with Crippen LogP contribution in [0.3, 0.4) is 0 Å². The van der Waals surface area contributed by atoms with Crippen molar-refractivity contribution >= 4 is 17.4 Å². The number of rotatable bonds is 0. The first-order valence-electron chi connectivity index (χ1n) is 4.22. The second-order valence-electron chi connectivity index (χ2n) is 3.29. The second-order valence-corrected chi connectivity index (χ2v) is 3.70. The highest BCUT2D eigenvalue weighted by molar-refractivity contribution is 6.43. The average molecular weight is 196 g/mol. The van der Waals surface area contributed by atoms with Crippen LogP contribution in [0.4, 0.5) is 0 Å². The van der Waals surface area contributed by atoms with Crippen molar-refractivity contribution in [3.05, 3.63) is 34.5 Å². The number of allylic oxidation sites excluding steroid dienone is 4. The van der Waals surface area contributed by atoms with Crippen LogP contribution in [0.15, 0.2) is 34.5 Å². The van der Waals surface area contributed by atoms with Gasteiger partial charge in [-0.25, -0.2) is 0 Å². The summed E-state index contributed by atoms with van der Waals surface area (Å²) in [5.41, 5.74) is 2.11. The summed E-state index contributed by atoms with van der Waals surface area (Å²) < 4.78 is 0. The Kier molecular flexibility index (Phi) is 2.00. The van der Waals surface area contributed by atoms with Crippen molar-refractivity contribution in [2.75, 3.05) is 0 Å². The molecule has 3 heteroatoms.